The lowest BCUT2D eigenvalue weighted by Gasteiger charge is -2.12. The maximum absolute atomic E-state index is 14.5. The Labute approximate surface area is 262 Å². The first-order valence-corrected chi connectivity index (χ1v) is 14.7. The molecule has 11 heteroatoms. The van der Waals surface area contributed by atoms with Crippen molar-refractivity contribution in [2.75, 3.05) is 6.61 Å². The fraction of sp³-hybridized carbons (Fsp3) is 0.229. The Hall–Kier alpha value is -5.19. The van der Waals surface area contributed by atoms with Crippen LogP contribution in [-0.4, -0.2) is 32.0 Å². The van der Waals surface area contributed by atoms with E-state index >= 15 is 0 Å². The largest absolute Gasteiger partial charge is 0.494 e. The molecule has 7 nitrogen and oxygen atoms in total. The predicted octanol–water partition coefficient (Wildman–Crippen LogP) is 7.11. The highest BCUT2D eigenvalue weighted by Crippen LogP contribution is 2.30. The van der Waals surface area contributed by atoms with E-state index in [4.69, 9.17) is 4.74 Å². The number of halogens is 4. The van der Waals surface area contributed by atoms with Gasteiger partial charge in [-0.2, -0.15) is 17.9 Å². The molecule has 0 aliphatic rings. The van der Waals surface area contributed by atoms with Gasteiger partial charge in [-0.3, -0.25) is 9.36 Å². The van der Waals surface area contributed by atoms with E-state index in [1.54, 1.807) is 24.3 Å². The van der Waals surface area contributed by atoms with Crippen LogP contribution in [-0.2, 0) is 36.8 Å². The number of carboxylic acid groups (broad SMARTS) is 1. The van der Waals surface area contributed by atoms with Gasteiger partial charge in [0.05, 0.1) is 30.8 Å². The molecule has 4 aromatic carbocycles. The Kier molecular flexibility index (Phi) is 9.69. The Morgan fingerprint density at radius 3 is 2.24 bits per heavy atom. The molecule has 238 valence electrons. The topological polar surface area (TPSA) is 86.4 Å². The number of carbonyl (C=O) groups is 1. The highest BCUT2D eigenvalue weighted by atomic mass is 19.4. The number of alkyl halides is 3. The molecule has 0 radical (unpaired) electrons. The quantitative estimate of drug-likeness (QED) is 0.148. The summed E-state index contributed by atoms with van der Waals surface area (Å²) < 4.78 is 61.7. The molecule has 0 saturated carbocycles. The maximum atomic E-state index is 14.5. The first kappa shape index (κ1) is 32.2. The van der Waals surface area contributed by atoms with Gasteiger partial charge in [0, 0.05) is 17.5 Å². The zero-order valence-electron chi connectivity index (χ0n) is 24.9. The summed E-state index contributed by atoms with van der Waals surface area (Å²) in [5.74, 6) is -0.507. The summed E-state index contributed by atoms with van der Waals surface area (Å²) in [5.41, 5.74) is 2.41. The van der Waals surface area contributed by atoms with E-state index in [9.17, 15) is 32.3 Å². The number of benzene rings is 4. The van der Waals surface area contributed by atoms with Gasteiger partial charge in [0.15, 0.2) is 0 Å². The summed E-state index contributed by atoms with van der Waals surface area (Å²) in [6.07, 6.45) is -3.09. The Balaban J connectivity index is 1.34. The standard InChI is InChI=1S/C35H31F4N3O4/c1-2-46-31-19-14-25(20-27(31)21-33(43)44)24-12-10-23(11-13-24)6-5-9-32-40-42(29-17-15-28(16-18-29)35(37,38)39)34(45)41(32)22-26-7-3-4-8-30(26)36/h3-4,7-8,10-20H,2,5-6,9,21-22H2,1H3,(H,43,44). The van der Waals surface area contributed by atoms with Crippen molar-refractivity contribution in [3.8, 4) is 22.6 Å². The average Bonchev–Trinajstić information content (AvgIpc) is 3.33. The van der Waals surface area contributed by atoms with Crippen molar-refractivity contribution in [2.24, 2.45) is 0 Å². The molecule has 5 aromatic rings. The van der Waals surface area contributed by atoms with Gasteiger partial charge >= 0.3 is 17.8 Å². The zero-order valence-corrected chi connectivity index (χ0v) is 24.9. The molecule has 0 saturated heterocycles. The predicted molar refractivity (Wildman–Crippen MR) is 165 cm³/mol. The summed E-state index contributed by atoms with van der Waals surface area (Å²) in [5, 5.41) is 13.7. The molecule has 1 aromatic heterocycles. The lowest BCUT2D eigenvalue weighted by molar-refractivity contribution is -0.138. The number of aryl methyl sites for hydroxylation is 2. The van der Waals surface area contributed by atoms with Crippen molar-refractivity contribution < 1.29 is 32.2 Å². The molecule has 46 heavy (non-hydrogen) atoms. The zero-order chi connectivity index (χ0) is 32.8. The smallest absolute Gasteiger partial charge is 0.416 e. The number of ether oxygens (including phenoxy) is 1. The molecule has 1 N–H and O–H groups in total. The van der Waals surface area contributed by atoms with Crippen molar-refractivity contribution >= 4 is 5.97 Å². The highest BCUT2D eigenvalue weighted by Gasteiger charge is 2.30. The van der Waals surface area contributed by atoms with Crippen LogP contribution in [0.3, 0.4) is 0 Å². The summed E-state index contributed by atoms with van der Waals surface area (Å²) in [7, 11) is 0. The van der Waals surface area contributed by atoms with Crippen molar-refractivity contribution in [3.63, 3.8) is 0 Å². The minimum atomic E-state index is -4.52. The molecule has 1 heterocycles. The van der Waals surface area contributed by atoms with Crippen LogP contribution in [0.4, 0.5) is 17.6 Å². The van der Waals surface area contributed by atoms with Gasteiger partial charge in [-0.1, -0.05) is 48.5 Å². The third-order valence-corrected chi connectivity index (χ3v) is 7.52. The van der Waals surface area contributed by atoms with Crippen molar-refractivity contribution in [2.45, 2.75) is 45.3 Å². The van der Waals surface area contributed by atoms with E-state index in [1.807, 2.05) is 43.3 Å². The molecule has 0 spiro atoms. The number of carboxylic acids is 1. The lowest BCUT2D eigenvalue weighted by atomic mass is 9.98. The van der Waals surface area contributed by atoms with Crippen LogP contribution < -0.4 is 10.4 Å². The summed E-state index contributed by atoms with van der Waals surface area (Å²) >= 11 is 0. The van der Waals surface area contributed by atoms with Crippen LogP contribution in [0.25, 0.3) is 16.8 Å². The van der Waals surface area contributed by atoms with Crippen molar-refractivity contribution in [1.82, 2.24) is 14.3 Å². The molecule has 0 aliphatic heterocycles. The molecular weight excluding hydrogens is 602 g/mol. The van der Waals surface area contributed by atoms with E-state index in [0.717, 1.165) is 33.5 Å². The highest BCUT2D eigenvalue weighted by molar-refractivity contribution is 5.74. The van der Waals surface area contributed by atoms with Gasteiger partial charge in [0.2, 0.25) is 0 Å². The normalized spacial score (nSPS) is 11.5. The third kappa shape index (κ3) is 7.53. The fourth-order valence-electron chi connectivity index (χ4n) is 5.21. The second-order valence-electron chi connectivity index (χ2n) is 10.7. The van der Waals surface area contributed by atoms with Gasteiger partial charge in [0.25, 0.3) is 0 Å². The van der Waals surface area contributed by atoms with Gasteiger partial charge in [-0.25, -0.2) is 9.18 Å². The number of hydrogen-bond donors (Lipinski definition) is 1. The Bertz CT molecular complexity index is 1880. The van der Waals surface area contributed by atoms with Crippen LogP contribution in [0.5, 0.6) is 5.75 Å². The van der Waals surface area contributed by atoms with Crippen LogP contribution in [0.2, 0.25) is 0 Å². The molecule has 0 aliphatic carbocycles. The molecule has 0 bridgehead atoms. The number of aromatic nitrogens is 3. The van der Waals surface area contributed by atoms with Gasteiger partial charge in [-0.15, -0.1) is 5.10 Å². The minimum Gasteiger partial charge on any atom is -0.494 e. The molecular formula is C35H31F4N3O4. The fourth-order valence-corrected chi connectivity index (χ4v) is 5.21. The van der Waals surface area contributed by atoms with E-state index in [-0.39, 0.29) is 24.2 Å². The van der Waals surface area contributed by atoms with E-state index in [2.05, 4.69) is 5.10 Å². The van der Waals surface area contributed by atoms with Crippen molar-refractivity contribution in [3.05, 3.63) is 135 Å². The third-order valence-electron chi connectivity index (χ3n) is 7.52. The first-order valence-electron chi connectivity index (χ1n) is 14.7. The number of aliphatic carboxylic acids is 1. The SMILES string of the molecule is CCOc1ccc(-c2ccc(CCCc3nn(-c4ccc(C(F)(F)F)cc4)c(=O)n3Cc3ccccc3F)cc2)cc1CC(=O)O. The molecule has 0 amide bonds. The average molecular weight is 634 g/mol. The van der Waals surface area contributed by atoms with Crippen LogP contribution in [0.1, 0.15) is 41.4 Å². The molecule has 0 fully saturated rings. The van der Waals surface area contributed by atoms with E-state index in [0.29, 0.717) is 43.0 Å². The van der Waals surface area contributed by atoms with Gasteiger partial charge < -0.3 is 9.84 Å². The van der Waals surface area contributed by atoms with Gasteiger partial charge in [-0.05, 0) is 78.9 Å². The lowest BCUT2D eigenvalue weighted by Crippen LogP contribution is -2.25. The van der Waals surface area contributed by atoms with Crippen LogP contribution in [0, 0.1) is 5.82 Å². The maximum Gasteiger partial charge on any atom is 0.416 e. The second-order valence-corrected chi connectivity index (χ2v) is 10.7. The summed E-state index contributed by atoms with van der Waals surface area (Å²) in [4.78, 5) is 24.8. The Morgan fingerprint density at radius 2 is 1.59 bits per heavy atom. The monoisotopic (exact) mass is 633 g/mol. The molecule has 0 atom stereocenters. The van der Waals surface area contributed by atoms with E-state index in [1.165, 1.54) is 22.8 Å². The first-order chi connectivity index (χ1) is 22.0. The summed E-state index contributed by atoms with van der Waals surface area (Å²) in [6.45, 7) is 2.18. The van der Waals surface area contributed by atoms with Gasteiger partial charge in [0.1, 0.15) is 17.4 Å². The Morgan fingerprint density at radius 1 is 0.891 bits per heavy atom. The number of hydrogen-bond acceptors (Lipinski definition) is 4. The summed E-state index contributed by atoms with van der Waals surface area (Å²) in [6, 6.07) is 23.5. The van der Waals surface area contributed by atoms with Crippen molar-refractivity contribution in [1.29, 1.82) is 0 Å². The number of rotatable bonds is 12. The van der Waals surface area contributed by atoms with E-state index < -0.39 is 29.2 Å². The van der Waals surface area contributed by atoms with Crippen LogP contribution in [0.15, 0.2) is 95.8 Å². The molecule has 0 unspecified atom stereocenters. The molecule has 5 rings (SSSR count). The minimum absolute atomic E-state index is 0.0812. The number of nitrogens with zero attached hydrogens (tertiary/aromatic N) is 3. The second kappa shape index (κ2) is 13.8. The van der Waals surface area contributed by atoms with Crippen LogP contribution >= 0.6 is 0 Å².